The molecule has 1 aromatic carbocycles. The molecule has 0 saturated heterocycles. The molecule has 116 valence electrons. The van der Waals surface area contributed by atoms with Crippen molar-refractivity contribution in [2.75, 3.05) is 0 Å². The zero-order valence-electron chi connectivity index (χ0n) is 13.0. The van der Waals surface area contributed by atoms with Gasteiger partial charge in [-0.2, -0.15) is 0 Å². The molecule has 0 saturated carbocycles. The number of esters is 1. The molecule has 0 radical (unpaired) electrons. The van der Waals surface area contributed by atoms with Crippen LogP contribution in [0.1, 0.15) is 46.2 Å². The summed E-state index contributed by atoms with van der Waals surface area (Å²) in [5.41, 5.74) is 4.62. The van der Waals surface area contributed by atoms with Crippen molar-refractivity contribution in [3.05, 3.63) is 39.9 Å². The molecule has 0 fully saturated rings. The number of carbonyl (C=O) groups excluding carboxylic acids is 1. The van der Waals surface area contributed by atoms with Crippen molar-refractivity contribution < 1.29 is 14.5 Å². The molecule has 6 heteroatoms. The van der Waals surface area contributed by atoms with E-state index < -0.39 is 28.0 Å². The molecule has 0 aromatic heterocycles. The Labute approximate surface area is 124 Å². The lowest BCUT2D eigenvalue weighted by Gasteiger charge is -2.32. The molecule has 0 heterocycles. The number of hydrogen-bond acceptors (Lipinski definition) is 5. The van der Waals surface area contributed by atoms with Gasteiger partial charge >= 0.3 is 5.97 Å². The van der Waals surface area contributed by atoms with Crippen LogP contribution in [0.3, 0.4) is 0 Å². The Morgan fingerprint density at radius 1 is 1.24 bits per heavy atom. The van der Waals surface area contributed by atoms with Gasteiger partial charge in [0.05, 0.1) is 16.4 Å². The third-order valence-corrected chi connectivity index (χ3v) is 3.17. The number of nitrogens with zero attached hydrogens (tertiary/aromatic N) is 1. The van der Waals surface area contributed by atoms with E-state index in [2.05, 4.69) is 0 Å². The summed E-state index contributed by atoms with van der Waals surface area (Å²) in [5.74, 6) is -0.486. The van der Waals surface area contributed by atoms with Crippen molar-refractivity contribution in [1.29, 1.82) is 0 Å². The van der Waals surface area contributed by atoms with Gasteiger partial charge in [0.15, 0.2) is 0 Å². The average molecular weight is 294 g/mol. The molecule has 2 N–H and O–H groups in total. The largest absolute Gasteiger partial charge is 0.460 e. The van der Waals surface area contributed by atoms with Crippen molar-refractivity contribution in [1.82, 2.24) is 0 Å². The van der Waals surface area contributed by atoms with Crippen LogP contribution >= 0.6 is 0 Å². The lowest BCUT2D eigenvalue weighted by atomic mass is 9.80. The number of nitrogens with two attached hydrogens (primary N) is 1. The van der Waals surface area contributed by atoms with Crippen LogP contribution in [0.25, 0.3) is 0 Å². The number of para-hydroxylation sites is 1. The van der Waals surface area contributed by atoms with Crippen molar-refractivity contribution in [3.63, 3.8) is 0 Å². The highest BCUT2D eigenvalue weighted by Crippen LogP contribution is 2.37. The minimum Gasteiger partial charge on any atom is -0.460 e. The Morgan fingerprint density at radius 2 is 1.76 bits per heavy atom. The van der Waals surface area contributed by atoms with E-state index in [-0.39, 0.29) is 5.69 Å². The summed E-state index contributed by atoms with van der Waals surface area (Å²) in [5, 5.41) is 11.1. The first-order valence-electron chi connectivity index (χ1n) is 6.69. The normalized spacial score (nSPS) is 13.6. The van der Waals surface area contributed by atoms with Crippen LogP contribution in [0.2, 0.25) is 0 Å². The number of nitro groups is 1. The molecule has 21 heavy (non-hydrogen) atoms. The summed E-state index contributed by atoms with van der Waals surface area (Å²) < 4.78 is 5.36. The first kappa shape index (κ1) is 17.1. The standard InChI is InChI=1S/C15H22N2O4/c1-14(2,3)21-13(18)15(4,5)12(16)10-8-6-7-9-11(10)17(19)20/h6-9,12H,16H2,1-5H3/t12-/m1/s1. The third kappa shape index (κ3) is 4.01. The van der Waals surface area contributed by atoms with Crippen LogP contribution in [0.15, 0.2) is 24.3 Å². The molecule has 0 amide bonds. The van der Waals surface area contributed by atoms with E-state index >= 15 is 0 Å². The lowest BCUT2D eigenvalue weighted by Crippen LogP contribution is -2.41. The summed E-state index contributed by atoms with van der Waals surface area (Å²) in [7, 11) is 0. The third-order valence-electron chi connectivity index (χ3n) is 3.17. The molecule has 1 aromatic rings. The number of hydrogen-bond donors (Lipinski definition) is 1. The van der Waals surface area contributed by atoms with Crippen LogP contribution in [-0.4, -0.2) is 16.5 Å². The zero-order chi connectivity index (χ0) is 16.4. The number of ether oxygens (including phenoxy) is 1. The van der Waals surface area contributed by atoms with E-state index in [0.717, 1.165) is 0 Å². The van der Waals surface area contributed by atoms with E-state index in [1.54, 1.807) is 52.8 Å². The summed E-state index contributed by atoms with van der Waals surface area (Å²) in [6, 6.07) is 5.33. The molecule has 1 rings (SSSR count). The SMILES string of the molecule is CC(C)(C)OC(=O)C(C)(C)[C@H](N)c1ccccc1[N+](=O)[O-]. The number of nitro benzene ring substituents is 1. The highest BCUT2D eigenvalue weighted by atomic mass is 16.6. The maximum absolute atomic E-state index is 12.3. The van der Waals surface area contributed by atoms with E-state index in [0.29, 0.717) is 5.56 Å². The summed E-state index contributed by atoms with van der Waals surface area (Å²) in [6.07, 6.45) is 0. The van der Waals surface area contributed by atoms with Crippen molar-refractivity contribution in [2.24, 2.45) is 11.1 Å². The number of carbonyl (C=O) groups is 1. The predicted octanol–water partition coefficient (Wildman–Crippen LogP) is 2.96. The fraction of sp³-hybridized carbons (Fsp3) is 0.533. The molecule has 0 aliphatic heterocycles. The maximum atomic E-state index is 12.3. The van der Waals surface area contributed by atoms with Gasteiger partial charge < -0.3 is 10.5 Å². The topological polar surface area (TPSA) is 95.5 Å². The van der Waals surface area contributed by atoms with Gasteiger partial charge in [-0.3, -0.25) is 14.9 Å². The number of benzene rings is 1. The molecule has 0 unspecified atom stereocenters. The predicted molar refractivity (Wildman–Crippen MR) is 79.7 cm³/mol. The Balaban J connectivity index is 3.15. The maximum Gasteiger partial charge on any atom is 0.313 e. The molecular formula is C15H22N2O4. The van der Waals surface area contributed by atoms with Gasteiger partial charge in [-0.25, -0.2) is 0 Å². The van der Waals surface area contributed by atoms with E-state index in [4.69, 9.17) is 10.5 Å². The smallest absolute Gasteiger partial charge is 0.313 e. The van der Waals surface area contributed by atoms with E-state index in [1.165, 1.54) is 6.07 Å². The monoisotopic (exact) mass is 294 g/mol. The Morgan fingerprint density at radius 3 is 2.24 bits per heavy atom. The second kappa shape index (κ2) is 5.81. The Kier molecular flexibility index (Phi) is 4.73. The van der Waals surface area contributed by atoms with Crippen molar-refractivity contribution in [3.8, 4) is 0 Å². The molecule has 0 spiro atoms. The summed E-state index contributed by atoms with van der Waals surface area (Å²) in [4.78, 5) is 22.9. The van der Waals surface area contributed by atoms with Crippen LogP contribution in [0, 0.1) is 15.5 Å². The van der Waals surface area contributed by atoms with Gasteiger partial charge in [0, 0.05) is 11.6 Å². The molecule has 0 aliphatic rings. The first-order chi connectivity index (χ1) is 9.47. The Hall–Kier alpha value is -1.95. The van der Waals surface area contributed by atoms with Gasteiger partial charge in [-0.1, -0.05) is 18.2 Å². The van der Waals surface area contributed by atoms with Gasteiger partial charge in [-0.15, -0.1) is 0 Å². The van der Waals surface area contributed by atoms with Crippen molar-refractivity contribution in [2.45, 2.75) is 46.3 Å². The minimum atomic E-state index is -1.08. The highest BCUT2D eigenvalue weighted by molar-refractivity contribution is 5.78. The second-order valence-corrected chi connectivity index (χ2v) is 6.52. The summed E-state index contributed by atoms with van der Waals surface area (Å²) >= 11 is 0. The second-order valence-electron chi connectivity index (χ2n) is 6.52. The van der Waals surface area contributed by atoms with E-state index in [1.807, 2.05) is 0 Å². The fourth-order valence-corrected chi connectivity index (χ4v) is 1.84. The quantitative estimate of drug-likeness (QED) is 0.523. The van der Waals surface area contributed by atoms with Gasteiger partial charge in [0.1, 0.15) is 5.60 Å². The van der Waals surface area contributed by atoms with Crippen LogP contribution in [0.4, 0.5) is 5.69 Å². The van der Waals surface area contributed by atoms with Crippen LogP contribution in [0.5, 0.6) is 0 Å². The molecular weight excluding hydrogens is 272 g/mol. The van der Waals surface area contributed by atoms with Crippen molar-refractivity contribution >= 4 is 11.7 Å². The van der Waals surface area contributed by atoms with Crippen LogP contribution in [-0.2, 0) is 9.53 Å². The molecule has 6 nitrogen and oxygen atoms in total. The Bertz CT molecular complexity index is 547. The van der Waals surface area contributed by atoms with Gasteiger partial charge in [0.25, 0.3) is 5.69 Å². The minimum absolute atomic E-state index is 0.0957. The first-order valence-corrected chi connectivity index (χ1v) is 6.69. The fourth-order valence-electron chi connectivity index (χ4n) is 1.84. The summed E-state index contributed by atoms with van der Waals surface area (Å²) in [6.45, 7) is 8.54. The van der Waals surface area contributed by atoms with Gasteiger partial charge in [0.2, 0.25) is 0 Å². The zero-order valence-corrected chi connectivity index (χ0v) is 13.0. The highest BCUT2D eigenvalue weighted by Gasteiger charge is 2.41. The molecule has 0 aliphatic carbocycles. The van der Waals surface area contributed by atoms with Crippen LogP contribution < -0.4 is 5.73 Å². The average Bonchev–Trinajstić information content (AvgIpc) is 2.35. The molecule has 1 atom stereocenters. The van der Waals surface area contributed by atoms with Gasteiger partial charge in [-0.05, 0) is 34.6 Å². The molecule has 0 bridgehead atoms. The number of rotatable bonds is 4. The van der Waals surface area contributed by atoms with E-state index in [9.17, 15) is 14.9 Å². The lowest BCUT2D eigenvalue weighted by molar-refractivity contribution is -0.385.